The Bertz CT molecular complexity index is 1690. The monoisotopic (exact) mass is 745 g/mol. The molecule has 0 unspecified atom stereocenters. The van der Waals surface area contributed by atoms with Gasteiger partial charge in [-0.2, -0.15) is 0 Å². The van der Waals surface area contributed by atoms with Crippen molar-refractivity contribution in [1.29, 1.82) is 0 Å². The summed E-state index contributed by atoms with van der Waals surface area (Å²) in [4.78, 5) is 3.03. The highest BCUT2D eigenvalue weighted by molar-refractivity contribution is 5.16. The van der Waals surface area contributed by atoms with Crippen molar-refractivity contribution in [3.63, 3.8) is 0 Å². The molecule has 0 saturated heterocycles. The van der Waals surface area contributed by atoms with E-state index in [1.54, 1.807) is 0 Å². The first-order valence-electron chi connectivity index (χ1n) is 19.7. The summed E-state index contributed by atoms with van der Waals surface area (Å²) >= 11 is 0. The number of benzene rings is 4. The third kappa shape index (κ3) is 16.8. The number of azide groups is 1. The zero-order chi connectivity index (χ0) is 38.9. The molecule has 1 N–H and O–H groups in total. The second-order valence-corrected chi connectivity index (χ2v) is 14.4. The van der Waals surface area contributed by atoms with Crippen LogP contribution in [0.2, 0.25) is 0 Å². The molecule has 0 aliphatic carbocycles. The predicted octanol–water partition coefficient (Wildman–Crippen LogP) is 10.6. The number of ether oxygens (including phenoxy) is 4. The molecule has 0 aromatic heterocycles. The average Bonchev–Trinajstić information content (AvgIpc) is 3.22. The van der Waals surface area contributed by atoms with Gasteiger partial charge in [-0.15, -0.1) is 11.8 Å². The van der Waals surface area contributed by atoms with Gasteiger partial charge in [-0.05, 0) is 52.5 Å². The Balaban J connectivity index is 1.43. The van der Waals surface area contributed by atoms with Crippen molar-refractivity contribution in [2.75, 3.05) is 6.54 Å². The summed E-state index contributed by atoms with van der Waals surface area (Å²) in [5.74, 6) is 7.21. The fraction of sp³-hybridized carbons (Fsp3) is 0.447. The summed E-state index contributed by atoms with van der Waals surface area (Å²) in [6.45, 7) is 8.30. The fourth-order valence-electron chi connectivity index (χ4n) is 6.46. The van der Waals surface area contributed by atoms with E-state index in [1.807, 2.05) is 97.1 Å². The Morgan fingerprint density at radius 3 is 1.60 bits per heavy atom. The van der Waals surface area contributed by atoms with Crippen LogP contribution in [0.15, 0.2) is 126 Å². The summed E-state index contributed by atoms with van der Waals surface area (Å²) in [6.07, 6.45) is 2.10. The summed E-state index contributed by atoms with van der Waals surface area (Å²) in [6, 6.07) is 40.3. The van der Waals surface area contributed by atoms with E-state index in [0.717, 1.165) is 28.7 Å². The minimum Gasteiger partial charge on any atom is -0.390 e. The van der Waals surface area contributed by atoms with Crippen molar-refractivity contribution in [2.45, 2.75) is 116 Å². The van der Waals surface area contributed by atoms with E-state index in [9.17, 15) is 10.6 Å². The van der Waals surface area contributed by atoms with Gasteiger partial charge in [0.25, 0.3) is 0 Å². The lowest BCUT2D eigenvalue weighted by molar-refractivity contribution is -0.109. The Morgan fingerprint density at radius 2 is 1.11 bits per heavy atom. The molecule has 0 amide bonds. The van der Waals surface area contributed by atoms with E-state index < -0.39 is 6.10 Å². The van der Waals surface area contributed by atoms with Crippen molar-refractivity contribution in [3.05, 3.63) is 154 Å². The van der Waals surface area contributed by atoms with Gasteiger partial charge in [0.1, 0.15) is 0 Å². The van der Waals surface area contributed by atoms with Crippen LogP contribution in [-0.4, -0.2) is 42.2 Å². The SMILES string of the molecule is CC[C@@H](C)[C@@H](OCc1ccccc1)[C@@H](O)C[C@@H](C)CC#CCC[C@@H](OCc1ccccc1)[C@H](C[C@@H](CN=[N+]=[N-])OCc1ccccc1)OCc1ccccc1. The van der Waals surface area contributed by atoms with Gasteiger partial charge < -0.3 is 24.1 Å². The summed E-state index contributed by atoms with van der Waals surface area (Å²) in [5.41, 5.74) is 13.5. The molecular weight excluding hydrogens is 687 g/mol. The van der Waals surface area contributed by atoms with Gasteiger partial charge in [0.05, 0.1) is 63.5 Å². The molecule has 8 nitrogen and oxygen atoms in total. The molecule has 0 bridgehead atoms. The molecule has 0 aliphatic rings. The summed E-state index contributed by atoms with van der Waals surface area (Å²) in [7, 11) is 0. The molecule has 0 aliphatic heterocycles. The Hall–Kier alpha value is -4.45. The molecule has 8 heteroatoms. The molecule has 4 aromatic carbocycles. The fourth-order valence-corrected chi connectivity index (χ4v) is 6.46. The van der Waals surface area contributed by atoms with Crippen LogP contribution in [0.3, 0.4) is 0 Å². The van der Waals surface area contributed by atoms with Crippen LogP contribution in [0.25, 0.3) is 10.4 Å². The van der Waals surface area contributed by atoms with E-state index in [-0.39, 0.29) is 42.8 Å². The molecule has 4 rings (SSSR count). The number of nitrogens with zero attached hydrogens (tertiary/aromatic N) is 3. The molecule has 4 aromatic rings. The molecule has 0 spiro atoms. The third-order valence-corrected chi connectivity index (χ3v) is 9.84. The van der Waals surface area contributed by atoms with Gasteiger partial charge in [0.15, 0.2) is 0 Å². The Labute approximate surface area is 328 Å². The first kappa shape index (κ1) is 43.3. The molecule has 7 atom stereocenters. The van der Waals surface area contributed by atoms with Gasteiger partial charge in [0, 0.05) is 24.2 Å². The lowest BCUT2D eigenvalue weighted by Gasteiger charge is -2.30. The topological polar surface area (TPSA) is 106 Å². The van der Waals surface area contributed by atoms with Gasteiger partial charge in [-0.25, -0.2) is 0 Å². The minimum atomic E-state index is -0.573. The normalized spacial score (nSPS) is 15.0. The van der Waals surface area contributed by atoms with Crippen LogP contribution in [-0.2, 0) is 45.4 Å². The molecule has 0 radical (unpaired) electrons. The molecule has 55 heavy (non-hydrogen) atoms. The van der Waals surface area contributed by atoms with Crippen molar-refractivity contribution < 1.29 is 24.1 Å². The number of hydrogen-bond donors (Lipinski definition) is 1. The summed E-state index contributed by atoms with van der Waals surface area (Å²) in [5, 5.41) is 15.2. The standard InChI is InChI=1S/C47H59N3O5/c1-4-38(3)47(55-36-42-27-17-9-18-28-42)44(51)30-37(2)20-10-5-19-29-45(53-34-40-23-13-7-14-24-40)46(54-35-41-25-15-8-16-26-41)31-43(32-49-50-48)52-33-39-21-11-6-12-22-39/h6-9,11-18,21-28,37-38,43-47,51H,4,19-20,29-36H2,1-3H3/t37-,38+,43-,44-,45+,46-,47+/m0/s1. The van der Waals surface area contributed by atoms with E-state index in [1.165, 1.54) is 0 Å². The minimum absolute atomic E-state index is 0.179. The van der Waals surface area contributed by atoms with Crippen molar-refractivity contribution in [1.82, 2.24) is 0 Å². The second-order valence-electron chi connectivity index (χ2n) is 14.4. The average molecular weight is 746 g/mol. The maximum atomic E-state index is 11.3. The van der Waals surface area contributed by atoms with Crippen LogP contribution in [0.4, 0.5) is 0 Å². The van der Waals surface area contributed by atoms with Crippen LogP contribution >= 0.6 is 0 Å². The van der Waals surface area contributed by atoms with E-state index in [0.29, 0.717) is 58.5 Å². The highest BCUT2D eigenvalue weighted by atomic mass is 16.5. The maximum Gasteiger partial charge on any atom is 0.0866 e. The Kier molecular flexibility index (Phi) is 20.1. The van der Waals surface area contributed by atoms with Crippen molar-refractivity contribution in [3.8, 4) is 11.8 Å². The second kappa shape index (κ2) is 25.6. The lowest BCUT2D eigenvalue weighted by Crippen LogP contribution is -2.36. The highest BCUT2D eigenvalue weighted by Crippen LogP contribution is 2.24. The number of aliphatic hydroxyl groups is 1. The van der Waals surface area contributed by atoms with Gasteiger partial charge in [-0.3, -0.25) is 0 Å². The molecular formula is C47H59N3O5. The third-order valence-electron chi connectivity index (χ3n) is 9.84. The predicted molar refractivity (Wildman–Crippen MR) is 220 cm³/mol. The quantitative estimate of drug-likeness (QED) is 0.0315. The zero-order valence-corrected chi connectivity index (χ0v) is 32.8. The van der Waals surface area contributed by atoms with Crippen LogP contribution < -0.4 is 0 Å². The van der Waals surface area contributed by atoms with E-state index in [4.69, 9.17) is 18.9 Å². The van der Waals surface area contributed by atoms with Gasteiger partial charge >= 0.3 is 0 Å². The molecule has 0 fully saturated rings. The van der Waals surface area contributed by atoms with Crippen molar-refractivity contribution in [2.24, 2.45) is 17.0 Å². The molecule has 0 heterocycles. The Morgan fingerprint density at radius 1 is 0.636 bits per heavy atom. The molecule has 292 valence electrons. The summed E-state index contributed by atoms with van der Waals surface area (Å²) < 4.78 is 25.9. The smallest absolute Gasteiger partial charge is 0.0866 e. The largest absolute Gasteiger partial charge is 0.390 e. The van der Waals surface area contributed by atoms with Gasteiger partial charge in [0.2, 0.25) is 0 Å². The van der Waals surface area contributed by atoms with E-state index in [2.05, 4.69) is 66.9 Å². The first-order valence-corrected chi connectivity index (χ1v) is 19.7. The zero-order valence-electron chi connectivity index (χ0n) is 32.8. The van der Waals surface area contributed by atoms with Crippen molar-refractivity contribution >= 4 is 0 Å². The maximum absolute atomic E-state index is 11.3. The van der Waals surface area contributed by atoms with Crippen LogP contribution in [0, 0.1) is 23.7 Å². The van der Waals surface area contributed by atoms with E-state index >= 15 is 0 Å². The van der Waals surface area contributed by atoms with Crippen LogP contribution in [0.1, 0.15) is 81.5 Å². The van der Waals surface area contributed by atoms with Crippen LogP contribution in [0.5, 0.6) is 0 Å². The lowest BCUT2D eigenvalue weighted by atomic mass is 9.90. The van der Waals surface area contributed by atoms with Gasteiger partial charge in [-0.1, -0.05) is 154 Å². The highest BCUT2D eigenvalue weighted by Gasteiger charge is 2.28. The first-order chi connectivity index (χ1) is 26.9. The number of rotatable bonds is 25. The molecule has 0 saturated carbocycles. The number of aliphatic hydroxyl groups excluding tert-OH is 1. The number of hydrogen-bond acceptors (Lipinski definition) is 6.